The number of hydrogen-bond acceptors (Lipinski definition) is 5. The van der Waals surface area contributed by atoms with E-state index in [2.05, 4.69) is 15.3 Å². The van der Waals surface area contributed by atoms with Crippen molar-refractivity contribution in [1.82, 2.24) is 9.73 Å². The van der Waals surface area contributed by atoms with Gasteiger partial charge in [-0.25, -0.2) is 13.8 Å². The average Bonchev–Trinajstić information content (AvgIpc) is 2.66. The van der Waals surface area contributed by atoms with Gasteiger partial charge in [-0.3, -0.25) is 4.79 Å². The van der Waals surface area contributed by atoms with Gasteiger partial charge in [0.2, 0.25) is 10.0 Å². The molecule has 2 aromatic carbocycles. The molecule has 1 amide bonds. The van der Waals surface area contributed by atoms with Gasteiger partial charge in [0.25, 0.3) is 5.91 Å². The van der Waals surface area contributed by atoms with E-state index in [1.165, 1.54) is 44.3 Å². The Morgan fingerprint density at radius 3 is 2.41 bits per heavy atom. The highest BCUT2D eigenvalue weighted by Crippen LogP contribution is 2.21. The molecule has 0 saturated heterocycles. The molecule has 0 aliphatic rings. The average molecular weight is 425 g/mol. The minimum atomic E-state index is -3.84. The molecule has 0 atom stereocenters. The first-order valence-corrected chi connectivity index (χ1v) is 9.95. The Balaban J connectivity index is 2.06. The molecule has 0 aromatic heterocycles. The Morgan fingerprint density at radius 2 is 1.79 bits per heavy atom. The molecule has 29 heavy (non-hydrogen) atoms. The third kappa shape index (κ3) is 6.06. The lowest BCUT2D eigenvalue weighted by atomic mass is 10.1. The number of carbonyl (C=O) groups excluding carboxylic acids is 1. The molecule has 1 N–H and O–H groups in total. The van der Waals surface area contributed by atoms with E-state index in [1.807, 2.05) is 6.92 Å². The Kier molecular flexibility index (Phi) is 7.40. The first kappa shape index (κ1) is 22.4. The summed E-state index contributed by atoms with van der Waals surface area (Å²) in [6, 6.07) is 12.2. The van der Waals surface area contributed by atoms with Crippen molar-refractivity contribution in [1.29, 1.82) is 0 Å². The maximum atomic E-state index is 12.5. The summed E-state index contributed by atoms with van der Waals surface area (Å²) in [5.74, 6) is -0.771. The van der Waals surface area contributed by atoms with Crippen molar-refractivity contribution in [3.8, 4) is 5.75 Å². The van der Waals surface area contributed by atoms with Crippen LogP contribution in [-0.2, 0) is 14.8 Å². The second-order valence-electron chi connectivity index (χ2n) is 6.18. The molecule has 7 nitrogen and oxygen atoms in total. The largest absolute Gasteiger partial charge is 0.434 e. The number of ether oxygens (including phenoxy) is 1. The summed E-state index contributed by atoms with van der Waals surface area (Å²) in [6.45, 7) is -0.138. The first-order chi connectivity index (χ1) is 13.6. The maximum Gasteiger partial charge on any atom is 0.387 e. The number of alkyl halides is 2. The van der Waals surface area contributed by atoms with Crippen molar-refractivity contribution >= 4 is 21.6 Å². The van der Waals surface area contributed by atoms with Crippen LogP contribution in [0.1, 0.15) is 18.1 Å². The number of rotatable bonds is 8. The zero-order chi connectivity index (χ0) is 21.6. The molecular formula is C19H21F2N3O4S. The number of carbonyl (C=O) groups is 1. The van der Waals surface area contributed by atoms with Gasteiger partial charge in [-0.2, -0.15) is 18.2 Å². The normalized spacial score (nSPS) is 12.3. The Bertz CT molecular complexity index is 993. The molecule has 0 saturated carbocycles. The summed E-state index contributed by atoms with van der Waals surface area (Å²) in [7, 11) is -2.57. The van der Waals surface area contributed by atoms with Crippen molar-refractivity contribution in [3.05, 3.63) is 59.7 Å². The first-order valence-electron chi connectivity index (χ1n) is 8.51. The van der Waals surface area contributed by atoms with E-state index < -0.39 is 29.1 Å². The van der Waals surface area contributed by atoms with Crippen LogP contribution in [0.15, 0.2) is 58.5 Å². The van der Waals surface area contributed by atoms with E-state index in [0.29, 0.717) is 0 Å². The smallest absolute Gasteiger partial charge is 0.387 e. The number of nitrogens with zero attached hydrogens (tertiary/aromatic N) is 2. The minimum absolute atomic E-state index is 0.0659. The fraction of sp³-hybridized carbons (Fsp3) is 0.263. The molecule has 156 valence electrons. The summed E-state index contributed by atoms with van der Waals surface area (Å²) < 4.78 is 55.3. The van der Waals surface area contributed by atoms with Gasteiger partial charge in [0.15, 0.2) is 0 Å². The van der Waals surface area contributed by atoms with Gasteiger partial charge in [0.1, 0.15) is 5.75 Å². The highest BCUT2D eigenvalue weighted by atomic mass is 32.2. The number of likely N-dealkylation sites (N-methyl/N-ethyl adjacent to an activating group) is 1. The van der Waals surface area contributed by atoms with Gasteiger partial charge in [0, 0.05) is 12.6 Å². The predicted molar refractivity (Wildman–Crippen MR) is 104 cm³/mol. The lowest BCUT2D eigenvalue weighted by Crippen LogP contribution is -2.36. The zero-order valence-electron chi connectivity index (χ0n) is 16.1. The zero-order valence-corrected chi connectivity index (χ0v) is 16.9. The molecule has 0 aliphatic carbocycles. The van der Waals surface area contributed by atoms with Gasteiger partial charge < -0.3 is 4.74 Å². The van der Waals surface area contributed by atoms with Crippen LogP contribution in [0.5, 0.6) is 5.75 Å². The number of benzene rings is 2. The topological polar surface area (TPSA) is 88.1 Å². The molecule has 0 spiro atoms. The van der Waals surface area contributed by atoms with Crippen LogP contribution in [0.2, 0.25) is 0 Å². The number of halogens is 2. The van der Waals surface area contributed by atoms with Crippen LogP contribution in [0.25, 0.3) is 0 Å². The second-order valence-corrected chi connectivity index (χ2v) is 8.23. The molecule has 0 fully saturated rings. The molecule has 0 bridgehead atoms. The number of aryl methyl sites for hydroxylation is 1. The van der Waals surface area contributed by atoms with Crippen molar-refractivity contribution < 1.29 is 26.7 Å². The third-order valence-corrected chi connectivity index (χ3v) is 5.75. The number of amides is 1. The number of nitrogens with one attached hydrogen (secondary N) is 1. The monoisotopic (exact) mass is 425 g/mol. The number of para-hydroxylation sites is 1. The highest BCUT2D eigenvalue weighted by Gasteiger charge is 2.22. The van der Waals surface area contributed by atoms with Crippen LogP contribution in [0.3, 0.4) is 0 Å². The van der Waals surface area contributed by atoms with Crippen molar-refractivity contribution in [2.45, 2.75) is 25.4 Å². The van der Waals surface area contributed by atoms with Gasteiger partial charge in [-0.05, 0) is 38.1 Å². The molecule has 2 aromatic rings. The minimum Gasteiger partial charge on any atom is -0.434 e. The second kappa shape index (κ2) is 9.57. The van der Waals surface area contributed by atoms with Crippen molar-refractivity contribution in [2.24, 2.45) is 5.10 Å². The van der Waals surface area contributed by atoms with E-state index in [9.17, 15) is 22.0 Å². The predicted octanol–water partition coefficient (Wildman–Crippen LogP) is 2.76. The van der Waals surface area contributed by atoms with Gasteiger partial charge >= 0.3 is 6.61 Å². The number of sulfonamides is 1. The Morgan fingerprint density at radius 1 is 1.17 bits per heavy atom. The fourth-order valence-corrected chi connectivity index (χ4v) is 3.51. The molecule has 10 heteroatoms. The van der Waals surface area contributed by atoms with Crippen LogP contribution in [-0.4, -0.2) is 44.5 Å². The molecule has 0 radical (unpaired) electrons. The molecule has 0 heterocycles. The van der Waals surface area contributed by atoms with Gasteiger partial charge in [-0.1, -0.05) is 29.8 Å². The summed E-state index contributed by atoms with van der Waals surface area (Å²) in [4.78, 5) is 12.2. The SMILES string of the molecule is C/C(=N\NC(=O)CN(C)S(=O)(=O)c1ccc(C)cc1)c1ccccc1OC(F)F. The fourth-order valence-electron chi connectivity index (χ4n) is 2.38. The summed E-state index contributed by atoms with van der Waals surface area (Å²) >= 11 is 0. The standard InChI is InChI=1S/C19H21F2N3O4S/c1-13-8-10-15(11-9-13)29(26,27)24(3)12-18(25)23-22-14(2)16-6-4-5-7-17(16)28-19(20)21/h4-11,19H,12H2,1-3H3,(H,23,25)/b22-14+. The Labute approximate surface area is 168 Å². The van der Waals surface area contributed by atoms with Crippen LogP contribution < -0.4 is 10.2 Å². The highest BCUT2D eigenvalue weighted by molar-refractivity contribution is 7.89. The molecule has 0 unspecified atom stereocenters. The quantitative estimate of drug-likeness (QED) is 0.520. The van der Waals surface area contributed by atoms with Crippen molar-refractivity contribution in [2.75, 3.05) is 13.6 Å². The third-order valence-electron chi connectivity index (χ3n) is 3.94. The van der Waals surface area contributed by atoms with Crippen LogP contribution >= 0.6 is 0 Å². The van der Waals surface area contributed by atoms with E-state index in [-0.39, 0.29) is 21.9 Å². The molecule has 0 aliphatic heterocycles. The Hall–Kier alpha value is -2.85. The van der Waals surface area contributed by atoms with Crippen LogP contribution in [0.4, 0.5) is 8.78 Å². The number of hydrogen-bond donors (Lipinski definition) is 1. The molecule has 2 rings (SSSR count). The van der Waals surface area contributed by atoms with Gasteiger partial charge in [-0.15, -0.1) is 0 Å². The summed E-state index contributed by atoms with van der Waals surface area (Å²) in [5.41, 5.74) is 3.63. The lowest BCUT2D eigenvalue weighted by molar-refractivity contribution is -0.121. The van der Waals surface area contributed by atoms with E-state index in [0.717, 1.165) is 9.87 Å². The molecular weight excluding hydrogens is 404 g/mol. The maximum absolute atomic E-state index is 12.5. The van der Waals surface area contributed by atoms with E-state index in [4.69, 9.17) is 0 Å². The van der Waals surface area contributed by atoms with Crippen LogP contribution in [0, 0.1) is 6.92 Å². The summed E-state index contributed by atoms with van der Waals surface area (Å²) in [6.07, 6.45) is 0. The van der Waals surface area contributed by atoms with E-state index >= 15 is 0 Å². The summed E-state index contributed by atoms with van der Waals surface area (Å²) in [5, 5.41) is 3.85. The van der Waals surface area contributed by atoms with Crippen molar-refractivity contribution in [3.63, 3.8) is 0 Å². The lowest BCUT2D eigenvalue weighted by Gasteiger charge is -2.16. The number of hydrazone groups is 1. The van der Waals surface area contributed by atoms with Gasteiger partial charge in [0.05, 0.1) is 17.2 Å². The van der Waals surface area contributed by atoms with E-state index in [1.54, 1.807) is 18.2 Å².